The van der Waals surface area contributed by atoms with Gasteiger partial charge in [-0.15, -0.1) is 5.10 Å². The van der Waals surface area contributed by atoms with Crippen LogP contribution in [0, 0.1) is 0 Å². The first-order valence-electron chi connectivity index (χ1n) is 5.18. The first-order valence-corrected chi connectivity index (χ1v) is 6.77. The second-order valence-electron chi connectivity index (χ2n) is 3.87. The number of carbonyl (C=O) groups is 1. The van der Waals surface area contributed by atoms with Crippen LogP contribution < -0.4 is 0 Å². The Morgan fingerprint density at radius 3 is 2.45 bits per heavy atom. The standard InChI is InChI=1S/C11H6Br2F3N3O/c1-19-8(10(13)17-18-19)9(20)6-3-2-5(12)4-7(6)11(14,15)16/h2-4H,1H3. The summed E-state index contributed by atoms with van der Waals surface area (Å²) in [5.74, 6) is -0.802. The van der Waals surface area contributed by atoms with Gasteiger partial charge < -0.3 is 0 Å². The SMILES string of the molecule is Cn1nnc(Br)c1C(=O)c1ccc(Br)cc1C(F)(F)F. The molecule has 4 nitrogen and oxygen atoms in total. The zero-order chi connectivity index (χ0) is 15.1. The Hall–Kier alpha value is -1.22. The van der Waals surface area contributed by atoms with Crippen molar-refractivity contribution in [2.45, 2.75) is 6.18 Å². The zero-order valence-corrected chi connectivity index (χ0v) is 13.0. The molecule has 0 unspecified atom stereocenters. The van der Waals surface area contributed by atoms with Gasteiger partial charge in [-0.25, -0.2) is 4.68 Å². The van der Waals surface area contributed by atoms with E-state index < -0.39 is 23.1 Å². The van der Waals surface area contributed by atoms with Crippen LogP contribution in [-0.4, -0.2) is 20.8 Å². The molecule has 1 aromatic carbocycles. The Balaban J connectivity index is 2.62. The van der Waals surface area contributed by atoms with Gasteiger partial charge >= 0.3 is 6.18 Å². The summed E-state index contributed by atoms with van der Waals surface area (Å²) in [6.45, 7) is 0. The molecular formula is C11H6Br2F3N3O. The van der Waals surface area contributed by atoms with Gasteiger partial charge in [0.15, 0.2) is 4.60 Å². The van der Waals surface area contributed by atoms with Gasteiger partial charge in [0, 0.05) is 17.1 Å². The molecule has 0 bridgehead atoms. The largest absolute Gasteiger partial charge is 0.417 e. The summed E-state index contributed by atoms with van der Waals surface area (Å²) in [4.78, 5) is 12.3. The molecule has 106 valence electrons. The number of aromatic nitrogens is 3. The average molecular weight is 413 g/mol. The Kier molecular flexibility index (Phi) is 4.01. The lowest BCUT2D eigenvalue weighted by Gasteiger charge is -2.12. The lowest BCUT2D eigenvalue weighted by molar-refractivity contribution is -0.137. The summed E-state index contributed by atoms with van der Waals surface area (Å²) in [7, 11) is 1.43. The van der Waals surface area contributed by atoms with E-state index in [0.717, 1.165) is 16.8 Å². The second-order valence-corrected chi connectivity index (χ2v) is 5.54. The normalized spacial score (nSPS) is 11.7. The van der Waals surface area contributed by atoms with Crippen molar-refractivity contribution in [2.24, 2.45) is 7.05 Å². The number of hydrogen-bond donors (Lipinski definition) is 0. The highest BCUT2D eigenvalue weighted by Crippen LogP contribution is 2.35. The van der Waals surface area contributed by atoms with E-state index in [0.29, 0.717) is 0 Å². The number of halogens is 5. The van der Waals surface area contributed by atoms with Crippen LogP contribution in [0.2, 0.25) is 0 Å². The molecule has 2 aromatic rings. The minimum Gasteiger partial charge on any atom is -0.287 e. The van der Waals surface area contributed by atoms with E-state index in [2.05, 4.69) is 42.2 Å². The number of rotatable bonds is 2. The highest BCUT2D eigenvalue weighted by atomic mass is 79.9. The maximum absolute atomic E-state index is 13.0. The quantitative estimate of drug-likeness (QED) is 0.708. The fourth-order valence-corrected chi connectivity index (χ4v) is 2.52. The lowest BCUT2D eigenvalue weighted by Crippen LogP contribution is -2.16. The maximum Gasteiger partial charge on any atom is 0.417 e. The molecule has 0 aliphatic heterocycles. The third-order valence-electron chi connectivity index (χ3n) is 2.53. The highest BCUT2D eigenvalue weighted by Gasteiger charge is 2.36. The van der Waals surface area contributed by atoms with Gasteiger partial charge in [0.1, 0.15) is 5.69 Å². The summed E-state index contributed by atoms with van der Waals surface area (Å²) in [6, 6.07) is 3.36. The number of carbonyl (C=O) groups excluding carboxylic acids is 1. The molecule has 1 heterocycles. The van der Waals surface area contributed by atoms with Gasteiger partial charge in [0.05, 0.1) is 5.56 Å². The van der Waals surface area contributed by atoms with E-state index in [-0.39, 0.29) is 14.8 Å². The fourth-order valence-electron chi connectivity index (χ4n) is 1.65. The predicted octanol–water partition coefficient (Wildman–Crippen LogP) is 3.59. The van der Waals surface area contributed by atoms with E-state index in [9.17, 15) is 18.0 Å². The van der Waals surface area contributed by atoms with Gasteiger partial charge in [-0.2, -0.15) is 13.2 Å². The second kappa shape index (κ2) is 5.28. The monoisotopic (exact) mass is 411 g/mol. The molecule has 0 saturated heterocycles. The molecule has 0 spiro atoms. The molecule has 0 fully saturated rings. The van der Waals surface area contributed by atoms with Crippen molar-refractivity contribution in [1.29, 1.82) is 0 Å². The number of alkyl halides is 3. The van der Waals surface area contributed by atoms with Crippen molar-refractivity contribution >= 4 is 37.6 Å². The molecule has 0 aliphatic carbocycles. The van der Waals surface area contributed by atoms with Crippen LogP contribution in [0.4, 0.5) is 13.2 Å². The van der Waals surface area contributed by atoms with Crippen molar-refractivity contribution in [3.63, 3.8) is 0 Å². The number of benzene rings is 1. The number of aryl methyl sites for hydroxylation is 1. The molecule has 9 heteroatoms. The van der Waals surface area contributed by atoms with Crippen LogP contribution >= 0.6 is 31.9 Å². The van der Waals surface area contributed by atoms with Crippen LogP contribution in [0.25, 0.3) is 0 Å². The fraction of sp³-hybridized carbons (Fsp3) is 0.182. The van der Waals surface area contributed by atoms with Gasteiger partial charge in [0.2, 0.25) is 5.78 Å². The Labute approximate surface area is 128 Å². The van der Waals surface area contributed by atoms with Crippen molar-refractivity contribution in [3.8, 4) is 0 Å². The molecule has 0 atom stereocenters. The van der Waals surface area contributed by atoms with Crippen LogP contribution in [-0.2, 0) is 13.2 Å². The highest BCUT2D eigenvalue weighted by molar-refractivity contribution is 9.10. The molecule has 0 amide bonds. The minimum absolute atomic E-state index is 0.0437. The summed E-state index contributed by atoms with van der Waals surface area (Å²) < 4.78 is 40.5. The molecule has 2 rings (SSSR count). The van der Waals surface area contributed by atoms with Crippen molar-refractivity contribution in [3.05, 3.63) is 44.1 Å². The third-order valence-corrected chi connectivity index (χ3v) is 3.56. The van der Waals surface area contributed by atoms with Gasteiger partial charge in [0.25, 0.3) is 0 Å². The lowest BCUT2D eigenvalue weighted by atomic mass is 10.0. The predicted molar refractivity (Wildman–Crippen MR) is 71.3 cm³/mol. The Morgan fingerprint density at radius 1 is 1.30 bits per heavy atom. The summed E-state index contributed by atoms with van der Waals surface area (Å²) in [5.41, 5.74) is -1.51. The molecule has 0 saturated carbocycles. The first kappa shape index (κ1) is 15.2. The first-order chi connectivity index (χ1) is 9.21. The summed E-state index contributed by atoms with van der Waals surface area (Å²) >= 11 is 5.96. The number of hydrogen-bond acceptors (Lipinski definition) is 3. The zero-order valence-electron chi connectivity index (χ0n) is 9.87. The van der Waals surface area contributed by atoms with Crippen LogP contribution in [0.1, 0.15) is 21.6 Å². The smallest absolute Gasteiger partial charge is 0.287 e. The summed E-state index contributed by atoms with van der Waals surface area (Å²) in [5, 5.41) is 7.17. The van der Waals surface area contributed by atoms with E-state index in [4.69, 9.17) is 0 Å². The number of nitrogens with zero attached hydrogens (tertiary/aromatic N) is 3. The molecular weight excluding hydrogens is 407 g/mol. The van der Waals surface area contributed by atoms with Crippen LogP contribution in [0.5, 0.6) is 0 Å². The maximum atomic E-state index is 13.0. The third kappa shape index (κ3) is 2.78. The van der Waals surface area contributed by atoms with Crippen LogP contribution in [0.15, 0.2) is 27.3 Å². The molecule has 0 N–H and O–H groups in total. The molecule has 1 aromatic heterocycles. The minimum atomic E-state index is -4.63. The average Bonchev–Trinajstić information content (AvgIpc) is 2.67. The van der Waals surface area contributed by atoms with Crippen molar-refractivity contribution in [2.75, 3.05) is 0 Å². The van der Waals surface area contributed by atoms with Crippen molar-refractivity contribution < 1.29 is 18.0 Å². The molecule has 0 aliphatic rings. The van der Waals surface area contributed by atoms with E-state index >= 15 is 0 Å². The van der Waals surface area contributed by atoms with Crippen LogP contribution in [0.3, 0.4) is 0 Å². The topological polar surface area (TPSA) is 47.8 Å². The van der Waals surface area contributed by atoms with Gasteiger partial charge in [-0.3, -0.25) is 4.79 Å². The molecule has 20 heavy (non-hydrogen) atoms. The van der Waals surface area contributed by atoms with E-state index in [1.165, 1.54) is 13.1 Å². The van der Waals surface area contributed by atoms with Crippen molar-refractivity contribution in [1.82, 2.24) is 15.0 Å². The Bertz CT molecular complexity index is 663. The van der Waals surface area contributed by atoms with E-state index in [1.54, 1.807) is 0 Å². The number of ketones is 1. The summed E-state index contributed by atoms with van der Waals surface area (Å²) in [6.07, 6.45) is -4.63. The van der Waals surface area contributed by atoms with Gasteiger partial charge in [-0.1, -0.05) is 21.1 Å². The Morgan fingerprint density at radius 2 is 1.95 bits per heavy atom. The van der Waals surface area contributed by atoms with E-state index in [1.807, 2.05) is 0 Å². The molecule has 0 radical (unpaired) electrons. The van der Waals surface area contributed by atoms with Gasteiger partial charge in [-0.05, 0) is 34.1 Å².